The molecule has 3 rings (SSSR count). The highest BCUT2D eigenvalue weighted by molar-refractivity contribution is 5.84. The molecule has 5 heteroatoms. The SMILES string of the molecule is COc1ccc(Oc2ccc3c(=O)c(=O)c(=O)c3c2)cc1. The molecule has 0 saturated carbocycles. The monoisotopic (exact) mass is 282 g/mol. The van der Waals surface area contributed by atoms with Gasteiger partial charge in [-0.3, -0.25) is 14.4 Å². The lowest BCUT2D eigenvalue weighted by molar-refractivity contribution is 0.413. The van der Waals surface area contributed by atoms with Crippen molar-refractivity contribution >= 4 is 10.8 Å². The Morgan fingerprint density at radius 3 is 1.90 bits per heavy atom. The highest BCUT2D eigenvalue weighted by atomic mass is 16.5. The van der Waals surface area contributed by atoms with E-state index in [4.69, 9.17) is 9.47 Å². The summed E-state index contributed by atoms with van der Waals surface area (Å²) in [6.07, 6.45) is 0. The third kappa shape index (κ3) is 2.18. The van der Waals surface area contributed by atoms with Crippen molar-refractivity contribution in [2.45, 2.75) is 0 Å². The van der Waals surface area contributed by atoms with E-state index in [1.54, 1.807) is 37.4 Å². The molecule has 5 nitrogen and oxygen atoms in total. The highest BCUT2D eigenvalue weighted by Crippen LogP contribution is 2.25. The van der Waals surface area contributed by atoms with Gasteiger partial charge in [0.05, 0.1) is 7.11 Å². The van der Waals surface area contributed by atoms with Gasteiger partial charge < -0.3 is 9.47 Å². The van der Waals surface area contributed by atoms with Crippen LogP contribution in [0.4, 0.5) is 0 Å². The van der Waals surface area contributed by atoms with Gasteiger partial charge in [-0.05, 0) is 42.5 Å². The molecule has 0 aliphatic heterocycles. The maximum absolute atomic E-state index is 11.7. The Hall–Kier alpha value is -2.95. The largest absolute Gasteiger partial charge is 0.497 e. The van der Waals surface area contributed by atoms with E-state index in [-0.39, 0.29) is 10.8 Å². The molecule has 104 valence electrons. The fraction of sp³-hybridized carbons (Fsp3) is 0.0625. The van der Waals surface area contributed by atoms with Crippen LogP contribution >= 0.6 is 0 Å². The summed E-state index contributed by atoms with van der Waals surface area (Å²) in [5, 5.41) is 0.225. The summed E-state index contributed by atoms with van der Waals surface area (Å²) in [5.74, 6) is 1.64. The van der Waals surface area contributed by atoms with Crippen LogP contribution in [0.1, 0.15) is 0 Å². The summed E-state index contributed by atoms with van der Waals surface area (Å²) in [4.78, 5) is 34.5. The number of methoxy groups -OCH3 is 1. The van der Waals surface area contributed by atoms with Crippen LogP contribution in [0, 0.1) is 0 Å². The fourth-order valence-corrected chi connectivity index (χ4v) is 2.10. The molecule has 0 amide bonds. The minimum Gasteiger partial charge on any atom is -0.497 e. The van der Waals surface area contributed by atoms with Gasteiger partial charge >= 0.3 is 0 Å². The Bertz CT molecular complexity index is 947. The van der Waals surface area contributed by atoms with Crippen molar-refractivity contribution in [1.29, 1.82) is 0 Å². The van der Waals surface area contributed by atoms with Crippen LogP contribution in [0.3, 0.4) is 0 Å². The van der Waals surface area contributed by atoms with Crippen LogP contribution in [0.25, 0.3) is 10.8 Å². The van der Waals surface area contributed by atoms with Crippen LogP contribution in [-0.4, -0.2) is 7.11 Å². The molecule has 0 bridgehead atoms. The van der Waals surface area contributed by atoms with Crippen LogP contribution in [0.15, 0.2) is 56.8 Å². The van der Waals surface area contributed by atoms with Gasteiger partial charge in [-0.2, -0.15) is 0 Å². The maximum atomic E-state index is 11.7. The van der Waals surface area contributed by atoms with Gasteiger partial charge in [-0.15, -0.1) is 0 Å². The fourth-order valence-electron chi connectivity index (χ4n) is 2.10. The standard InChI is InChI=1S/C16H10O5/c1-20-9-2-4-10(5-3-9)21-11-6-7-12-13(8-11)15(18)16(19)14(12)17/h2-8H,1H3. The van der Waals surface area contributed by atoms with E-state index in [1.807, 2.05) is 0 Å². The van der Waals surface area contributed by atoms with Gasteiger partial charge in [0.15, 0.2) is 0 Å². The Morgan fingerprint density at radius 2 is 1.24 bits per heavy atom. The molecule has 0 aliphatic carbocycles. The van der Waals surface area contributed by atoms with E-state index in [1.165, 1.54) is 12.1 Å². The number of fused-ring (bicyclic) bond motifs is 1. The topological polar surface area (TPSA) is 69.7 Å². The average molecular weight is 282 g/mol. The molecule has 0 radical (unpaired) electrons. The van der Waals surface area contributed by atoms with Crippen molar-refractivity contribution in [3.05, 3.63) is 73.1 Å². The minimum atomic E-state index is -0.994. The Labute approximate surface area is 118 Å². The molecular weight excluding hydrogens is 272 g/mol. The summed E-state index contributed by atoms with van der Waals surface area (Å²) in [7, 11) is 1.57. The zero-order valence-corrected chi connectivity index (χ0v) is 11.1. The van der Waals surface area contributed by atoms with E-state index in [0.717, 1.165) is 0 Å². The first kappa shape index (κ1) is 13.1. The lowest BCUT2D eigenvalue weighted by Gasteiger charge is -2.06. The minimum absolute atomic E-state index is 0.0935. The predicted molar refractivity (Wildman–Crippen MR) is 78.2 cm³/mol. The van der Waals surface area contributed by atoms with E-state index in [2.05, 4.69) is 0 Å². The zero-order chi connectivity index (χ0) is 15.0. The van der Waals surface area contributed by atoms with E-state index >= 15 is 0 Å². The first-order chi connectivity index (χ1) is 10.1. The smallest absolute Gasteiger partial charge is 0.273 e. The summed E-state index contributed by atoms with van der Waals surface area (Å²) in [6.45, 7) is 0. The van der Waals surface area contributed by atoms with Gasteiger partial charge in [-0.25, -0.2) is 0 Å². The summed E-state index contributed by atoms with van der Waals surface area (Å²) < 4.78 is 10.6. The van der Waals surface area contributed by atoms with Crippen LogP contribution in [0.5, 0.6) is 17.2 Å². The van der Waals surface area contributed by atoms with E-state index in [9.17, 15) is 14.4 Å². The first-order valence-electron chi connectivity index (χ1n) is 6.19. The second kappa shape index (κ2) is 4.86. The van der Waals surface area contributed by atoms with Crippen molar-refractivity contribution < 1.29 is 9.47 Å². The molecule has 0 spiro atoms. The van der Waals surface area contributed by atoms with Crippen LogP contribution < -0.4 is 25.8 Å². The quantitative estimate of drug-likeness (QED) is 0.682. The average Bonchev–Trinajstić information content (AvgIpc) is 2.73. The zero-order valence-electron chi connectivity index (χ0n) is 11.1. The van der Waals surface area contributed by atoms with Crippen LogP contribution in [0.2, 0.25) is 0 Å². The predicted octanol–water partition coefficient (Wildman–Crippen LogP) is 1.60. The summed E-state index contributed by atoms with van der Waals surface area (Å²) in [6, 6.07) is 11.3. The third-order valence-electron chi connectivity index (χ3n) is 3.19. The number of hydrogen-bond donors (Lipinski definition) is 0. The first-order valence-corrected chi connectivity index (χ1v) is 6.19. The molecule has 0 fully saturated rings. The molecule has 0 heterocycles. The van der Waals surface area contributed by atoms with Gasteiger partial charge in [0, 0.05) is 10.8 Å². The number of benzene rings is 2. The van der Waals surface area contributed by atoms with Crippen molar-refractivity contribution in [3.8, 4) is 17.2 Å². The van der Waals surface area contributed by atoms with Gasteiger partial charge in [0.25, 0.3) is 5.43 Å². The Kier molecular flexibility index (Phi) is 3.02. The molecule has 0 aliphatic rings. The van der Waals surface area contributed by atoms with E-state index < -0.39 is 16.3 Å². The van der Waals surface area contributed by atoms with E-state index in [0.29, 0.717) is 17.2 Å². The van der Waals surface area contributed by atoms with Gasteiger partial charge in [0.1, 0.15) is 17.2 Å². The molecule has 0 atom stereocenters. The molecule has 0 N–H and O–H groups in total. The molecule has 21 heavy (non-hydrogen) atoms. The van der Waals surface area contributed by atoms with Gasteiger partial charge in [0.2, 0.25) is 10.9 Å². The third-order valence-corrected chi connectivity index (χ3v) is 3.19. The molecule has 3 aromatic carbocycles. The maximum Gasteiger partial charge on any atom is 0.273 e. The second-order valence-corrected chi connectivity index (χ2v) is 4.47. The van der Waals surface area contributed by atoms with Crippen molar-refractivity contribution in [2.75, 3.05) is 7.11 Å². The van der Waals surface area contributed by atoms with Crippen molar-refractivity contribution in [1.82, 2.24) is 0 Å². The lowest BCUT2D eigenvalue weighted by atomic mass is 10.2. The normalized spacial score (nSPS) is 10.7. The Morgan fingerprint density at radius 1 is 0.667 bits per heavy atom. The molecule has 3 aromatic rings. The highest BCUT2D eigenvalue weighted by Gasteiger charge is 2.13. The van der Waals surface area contributed by atoms with Crippen molar-refractivity contribution in [2.24, 2.45) is 0 Å². The molecule has 0 aromatic heterocycles. The molecule has 0 unspecified atom stereocenters. The number of ether oxygens (including phenoxy) is 2. The van der Waals surface area contributed by atoms with Crippen molar-refractivity contribution in [3.63, 3.8) is 0 Å². The second-order valence-electron chi connectivity index (χ2n) is 4.47. The summed E-state index contributed by atoms with van der Waals surface area (Å²) >= 11 is 0. The lowest BCUT2D eigenvalue weighted by Crippen LogP contribution is -2.29. The molecule has 0 saturated heterocycles. The van der Waals surface area contributed by atoms with Gasteiger partial charge in [-0.1, -0.05) is 0 Å². The number of rotatable bonds is 3. The van der Waals surface area contributed by atoms with Crippen LogP contribution in [-0.2, 0) is 0 Å². The number of hydrogen-bond acceptors (Lipinski definition) is 5. The molecular formula is C16H10O5. The summed E-state index contributed by atoms with van der Waals surface area (Å²) in [5.41, 5.74) is -2.53. The Balaban J connectivity index is 2.01.